The molecule has 1 heterocycles. The van der Waals surface area contributed by atoms with Gasteiger partial charge in [-0.25, -0.2) is 0 Å². The van der Waals surface area contributed by atoms with Gasteiger partial charge in [0.2, 0.25) is 0 Å². The van der Waals surface area contributed by atoms with Gasteiger partial charge in [-0.05, 0) is 19.4 Å². The van der Waals surface area contributed by atoms with Crippen molar-refractivity contribution in [2.24, 2.45) is 0 Å². The SMILES string of the molecule is CCN1/C(=C2/C(=O)c3ccccc3C2C(=O)O)SC2C=CC=CC21C. The fraction of sp³-hybridized carbons (Fsp3) is 0.300. The lowest BCUT2D eigenvalue weighted by Gasteiger charge is -2.37. The molecule has 1 saturated heterocycles. The zero-order valence-electron chi connectivity index (χ0n) is 14.1. The van der Waals surface area contributed by atoms with Gasteiger partial charge in [0.1, 0.15) is 5.92 Å². The number of allylic oxidation sites excluding steroid dienone is 2. The van der Waals surface area contributed by atoms with Gasteiger partial charge in [0.15, 0.2) is 5.78 Å². The second-order valence-corrected chi connectivity index (χ2v) is 7.79. The Kier molecular flexibility index (Phi) is 3.65. The molecule has 1 fully saturated rings. The van der Waals surface area contributed by atoms with Crippen LogP contribution in [0, 0.1) is 0 Å². The van der Waals surface area contributed by atoms with E-state index in [1.807, 2.05) is 19.1 Å². The van der Waals surface area contributed by atoms with E-state index >= 15 is 0 Å². The molecule has 1 aromatic carbocycles. The number of rotatable bonds is 2. The molecule has 25 heavy (non-hydrogen) atoms. The topological polar surface area (TPSA) is 57.6 Å². The van der Waals surface area contributed by atoms with Crippen molar-refractivity contribution in [1.82, 2.24) is 4.90 Å². The molecule has 4 rings (SSSR count). The largest absolute Gasteiger partial charge is 0.481 e. The summed E-state index contributed by atoms with van der Waals surface area (Å²) in [6, 6.07) is 7.06. The molecule has 0 amide bonds. The lowest BCUT2D eigenvalue weighted by atomic mass is 9.90. The van der Waals surface area contributed by atoms with Crippen LogP contribution in [0.2, 0.25) is 0 Å². The van der Waals surface area contributed by atoms with E-state index < -0.39 is 11.9 Å². The van der Waals surface area contributed by atoms with Crippen molar-refractivity contribution in [2.45, 2.75) is 30.6 Å². The summed E-state index contributed by atoms with van der Waals surface area (Å²) in [7, 11) is 0. The second kappa shape index (κ2) is 5.63. The highest BCUT2D eigenvalue weighted by atomic mass is 32.2. The van der Waals surface area contributed by atoms with Crippen molar-refractivity contribution < 1.29 is 14.7 Å². The number of aliphatic carboxylic acids is 1. The van der Waals surface area contributed by atoms with Gasteiger partial charge in [-0.15, -0.1) is 0 Å². The van der Waals surface area contributed by atoms with E-state index in [9.17, 15) is 14.7 Å². The fourth-order valence-corrected chi connectivity index (χ4v) is 5.71. The molecular formula is C20H19NO3S. The van der Waals surface area contributed by atoms with Crippen molar-refractivity contribution in [2.75, 3.05) is 6.54 Å². The van der Waals surface area contributed by atoms with Crippen LogP contribution in [0.25, 0.3) is 0 Å². The number of likely N-dealkylation sites (N-methyl/N-ethyl adjacent to an activating group) is 1. The molecule has 128 valence electrons. The van der Waals surface area contributed by atoms with E-state index in [0.717, 1.165) is 5.03 Å². The van der Waals surface area contributed by atoms with Crippen LogP contribution in [0.5, 0.6) is 0 Å². The van der Waals surface area contributed by atoms with Crippen LogP contribution in [-0.2, 0) is 4.79 Å². The summed E-state index contributed by atoms with van der Waals surface area (Å²) in [5.74, 6) is -2.01. The van der Waals surface area contributed by atoms with Gasteiger partial charge in [0, 0.05) is 17.7 Å². The van der Waals surface area contributed by atoms with Crippen LogP contribution in [0.1, 0.15) is 35.7 Å². The molecule has 1 N–H and O–H groups in total. The van der Waals surface area contributed by atoms with Gasteiger partial charge < -0.3 is 10.0 Å². The maximum Gasteiger partial charge on any atom is 0.315 e. The summed E-state index contributed by atoms with van der Waals surface area (Å²) >= 11 is 1.60. The summed E-state index contributed by atoms with van der Waals surface area (Å²) in [5, 5.41) is 10.8. The molecule has 3 atom stereocenters. The highest BCUT2D eigenvalue weighted by Crippen LogP contribution is 2.53. The van der Waals surface area contributed by atoms with Gasteiger partial charge in [0.05, 0.1) is 15.8 Å². The summed E-state index contributed by atoms with van der Waals surface area (Å²) in [5.41, 5.74) is 1.29. The third-order valence-corrected chi connectivity index (χ3v) is 6.87. The smallest absolute Gasteiger partial charge is 0.315 e. The van der Waals surface area contributed by atoms with Gasteiger partial charge in [-0.2, -0.15) is 0 Å². The Morgan fingerprint density at radius 2 is 2.08 bits per heavy atom. The molecule has 0 radical (unpaired) electrons. The molecule has 3 aliphatic rings. The van der Waals surface area contributed by atoms with Crippen molar-refractivity contribution in [3.63, 3.8) is 0 Å². The van der Waals surface area contributed by atoms with E-state index in [0.29, 0.717) is 23.2 Å². The minimum atomic E-state index is -0.969. The summed E-state index contributed by atoms with van der Waals surface area (Å²) in [6.07, 6.45) is 8.31. The molecule has 2 aliphatic carbocycles. The quantitative estimate of drug-likeness (QED) is 0.824. The molecular weight excluding hydrogens is 334 g/mol. The predicted molar refractivity (Wildman–Crippen MR) is 98.6 cm³/mol. The van der Waals surface area contributed by atoms with Crippen LogP contribution in [0.4, 0.5) is 0 Å². The zero-order valence-corrected chi connectivity index (χ0v) is 14.9. The molecule has 0 aromatic heterocycles. The van der Waals surface area contributed by atoms with E-state index in [4.69, 9.17) is 0 Å². The third-order valence-electron chi connectivity index (χ3n) is 5.32. The first-order valence-corrected chi connectivity index (χ1v) is 9.28. The number of carbonyl (C=O) groups is 2. The lowest BCUT2D eigenvalue weighted by Crippen LogP contribution is -2.45. The number of carboxylic acid groups (broad SMARTS) is 1. The fourth-order valence-electron chi connectivity index (χ4n) is 4.07. The Morgan fingerprint density at radius 3 is 2.80 bits per heavy atom. The van der Waals surface area contributed by atoms with Gasteiger partial charge in [-0.3, -0.25) is 9.59 Å². The van der Waals surface area contributed by atoms with Crippen molar-refractivity contribution in [3.8, 4) is 0 Å². The second-order valence-electron chi connectivity index (χ2n) is 6.66. The van der Waals surface area contributed by atoms with Crippen LogP contribution < -0.4 is 0 Å². The number of benzene rings is 1. The number of carbonyl (C=O) groups excluding carboxylic acids is 1. The average molecular weight is 353 g/mol. The third kappa shape index (κ3) is 2.15. The Balaban J connectivity index is 1.93. The van der Waals surface area contributed by atoms with Crippen molar-refractivity contribution >= 4 is 23.5 Å². The normalized spacial score (nSPS) is 32.9. The van der Waals surface area contributed by atoms with Crippen LogP contribution in [0.15, 0.2) is 59.2 Å². The minimum Gasteiger partial charge on any atom is -0.481 e. The summed E-state index contributed by atoms with van der Waals surface area (Å²) < 4.78 is 0. The van der Waals surface area contributed by atoms with Crippen molar-refractivity contribution in [3.05, 3.63) is 70.3 Å². The molecule has 1 aliphatic heterocycles. The summed E-state index contributed by atoms with van der Waals surface area (Å²) in [4.78, 5) is 27.3. The Morgan fingerprint density at radius 1 is 1.32 bits per heavy atom. The van der Waals surface area contributed by atoms with Gasteiger partial charge in [0.25, 0.3) is 0 Å². The lowest BCUT2D eigenvalue weighted by molar-refractivity contribution is -0.137. The Hall–Kier alpha value is -2.27. The molecule has 0 bridgehead atoms. The molecule has 0 spiro atoms. The van der Waals surface area contributed by atoms with E-state index in [1.54, 1.807) is 36.0 Å². The number of Topliss-reactive ketones (excluding diaryl/α,β-unsaturated/α-hetero) is 1. The number of hydrogen-bond acceptors (Lipinski definition) is 4. The molecule has 4 nitrogen and oxygen atoms in total. The molecule has 1 aromatic rings. The number of carboxylic acids is 1. The first-order valence-electron chi connectivity index (χ1n) is 8.40. The molecule has 3 unspecified atom stereocenters. The first kappa shape index (κ1) is 16.2. The minimum absolute atomic E-state index is 0.154. The number of fused-ring (bicyclic) bond motifs is 2. The average Bonchev–Trinajstić information content (AvgIpc) is 3.06. The maximum absolute atomic E-state index is 13.1. The van der Waals surface area contributed by atoms with E-state index in [1.165, 1.54) is 0 Å². The van der Waals surface area contributed by atoms with Gasteiger partial charge >= 0.3 is 5.97 Å². The van der Waals surface area contributed by atoms with Gasteiger partial charge in [-0.1, -0.05) is 60.3 Å². The highest BCUT2D eigenvalue weighted by molar-refractivity contribution is 8.04. The monoisotopic (exact) mass is 353 g/mol. The predicted octanol–water partition coefficient (Wildman–Crippen LogP) is 3.58. The van der Waals surface area contributed by atoms with Crippen LogP contribution >= 0.6 is 11.8 Å². The number of ketones is 1. The summed E-state index contributed by atoms with van der Waals surface area (Å²) in [6.45, 7) is 4.90. The van der Waals surface area contributed by atoms with Crippen molar-refractivity contribution in [1.29, 1.82) is 0 Å². The molecule has 0 saturated carbocycles. The Labute approximate surface area is 150 Å². The first-order chi connectivity index (χ1) is 12.0. The Bertz CT molecular complexity index is 869. The highest BCUT2D eigenvalue weighted by Gasteiger charge is 2.50. The van der Waals surface area contributed by atoms with Crippen LogP contribution in [-0.4, -0.2) is 39.1 Å². The zero-order chi connectivity index (χ0) is 17.8. The van der Waals surface area contributed by atoms with E-state index in [-0.39, 0.29) is 16.6 Å². The van der Waals surface area contributed by atoms with Crippen LogP contribution in [0.3, 0.4) is 0 Å². The standard InChI is InChI=1S/C20H19NO3S/c1-3-21-18(25-14-10-6-7-11-20(14,21)2)16-15(19(23)24)12-8-4-5-9-13(12)17(16)22/h4-11,14-15H,3H2,1-2H3,(H,23,24)/b18-16-. The number of nitrogens with zero attached hydrogens (tertiary/aromatic N) is 1. The maximum atomic E-state index is 13.1. The molecule has 5 heteroatoms. The number of hydrogen-bond donors (Lipinski definition) is 1. The number of thioether (sulfide) groups is 1. The van der Waals surface area contributed by atoms with E-state index in [2.05, 4.69) is 24.0 Å².